The van der Waals surface area contributed by atoms with E-state index in [9.17, 15) is 4.39 Å². The Labute approximate surface area is 72.5 Å². The van der Waals surface area contributed by atoms with E-state index in [-0.39, 0.29) is 6.67 Å². The summed E-state index contributed by atoms with van der Waals surface area (Å²) < 4.78 is 11.8. The van der Waals surface area contributed by atoms with Crippen molar-refractivity contribution in [3.63, 3.8) is 0 Å². The minimum absolute atomic E-state index is 0.203. The molecule has 11 heavy (non-hydrogen) atoms. The van der Waals surface area contributed by atoms with E-state index in [0.717, 1.165) is 19.1 Å². The minimum Gasteiger partial charge on any atom is -0.299 e. The van der Waals surface area contributed by atoms with Crippen LogP contribution in [-0.4, -0.2) is 36.6 Å². The molecule has 0 spiro atoms. The normalized spacial score (nSPS) is 17.7. The molecule has 66 valence electrons. The van der Waals surface area contributed by atoms with Gasteiger partial charge in [-0.25, -0.2) is 0 Å². The number of hydrogen-bond donors (Lipinski definition) is 0. The van der Waals surface area contributed by atoms with E-state index < -0.39 is 0 Å². The first-order valence-corrected chi connectivity index (χ1v) is 4.78. The summed E-state index contributed by atoms with van der Waals surface area (Å²) in [6, 6.07) is 0.722. The van der Waals surface area contributed by atoms with Gasteiger partial charge in [0, 0.05) is 25.0 Å². The first-order valence-electron chi connectivity index (χ1n) is 4.24. The van der Waals surface area contributed by atoms with Crippen molar-refractivity contribution in [3.8, 4) is 0 Å². The topological polar surface area (TPSA) is 3.24 Å². The second kappa shape index (κ2) is 4.94. The maximum absolute atomic E-state index is 11.8. The summed E-state index contributed by atoms with van der Waals surface area (Å²) in [4.78, 5) is 2.30. The molecule has 0 aliphatic heterocycles. The summed E-state index contributed by atoms with van der Waals surface area (Å²) in [6.45, 7) is 1.60. The van der Waals surface area contributed by atoms with E-state index in [1.165, 1.54) is 12.8 Å². The zero-order valence-corrected chi connectivity index (χ0v) is 7.49. The van der Waals surface area contributed by atoms with E-state index in [2.05, 4.69) is 4.90 Å². The predicted octanol–water partition coefficient (Wildman–Crippen LogP) is 2.05. The monoisotopic (exact) mass is 179 g/mol. The van der Waals surface area contributed by atoms with Crippen LogP contribution < -0.4 is 0 Å². The molecule has 1 fully saturated rings. The van der Waals surface area contributed by atoms with E-state index in [4.69, 9.17) is 11.6 Å². The summed E-state index contributed by atoms with van der Waals surface area (Å²) in [5, 5.41) is 0. The van der Waals surface area contributed by atoms with Gasteiger partial charge in [-0.1, -0.05) is 0 Å². The van der Waals surface area contributed by atoms with Crippen LogP contribution >= 0.6 is 11.6 Å². The molecule has 0 N–H and O–H groups in total. The molecule has 1 aliphatic rings. The molecule has 0 bridgehead atoms. The first kappa shape index (κ1) is 9.27. The first-order chi connectivity index (χ1) is 5.38. The van der Waals surface area contributed by atoms with Crippen molar-refractivity contribution in [1.82, 2.24) is 4.90 Å². The van der Waals surface area contributed by atoms with Gasteiger partial charge in [0.25, 0.3) is 0 Å². The SMILES string of the molecule is FCCCN(CCCl)C1CC1. The molecule has 1 nitrogen and oxygen atoms in total. The average Bonchev–Trinajstić information content (AvgIpc) is 2.80. The van der Waals surface area contributed by atoms with E-state index >= 15 is 0 Å². The Kier molecular flexibility index (Phi) is 4.16. The number of rotatable bonds is 6. The van der Waals surface area contributed by atoms with Crippen molar-refractivity contribution in [1.29, 1.82) is 0 Å². The molecule has 1 aliphatic carbocycles. The Hall–Kier alpha value is 0.180. The highest BCUT2D eigenvalue weighted by Gasteiger charge is 2.27. The minimum atomic E-state index is -0.203. The molecule has 0 aromatic rings. The van der Waals surface area contributed by atoms with Crippen LogP contribution in [0.5, 0.6) is 0 Å². The molecule has 3 heteroatoms. The lowest BCUT2D eigenvalue weighted by molar-refractivity contribution is 0.263. The molecule has 0 aromatic heterocycles. The fourth-order valence-corrected chi connectivity index (χ4v) is 1.51. The standard InChI is InChI=1S/C8H15ClFN/c9-4-7-11(6-1-5-10)8-2-3-8/h8H,1-7H2. The summed E-state index contributed by atoms with van der Waals surface area (Å²) >= 11 is 5.61. The summed E-state index contributed by atoms with van der Waals surface area (Å²) in [6.07, 6.45) is 3.22. The van der Waals surface area contributed by atoms with Gasteiger partial charge in [0.1, 0.15) is 0 Å². The highest BCUT2D eigenvalue weighted by Crippen LogP contribution is 2.26. The predicted molar refractivity (Wildman–Crippen MR) is 45.9 cm³/mol. The van der Waals surface area contributed by atoms with Gasteiger partial charge in [0.2, 0.25) is 0 Å². The highest BCUT2D eigenvalue weighted by molar-refractivity contribution is 6.18. The van der Waals surface area contributed by atoms with Crippen molar-refractivity contribution >= 4 is 11.6 Å². The lowest BCUT2D eigenvalue weighted by Crippen LogP contribution is -2.29. The fraction of sp³-hybridized carbons (Fsp3) is 1.00. The molecule has 0 unspecified atom stereocenters. The maximum atomic E-state index is 11.8. The maximum Gasteiger partial charge on any atom is 0.0906 e. The zero-order chi connectivity index (χ0) is 8.10. The number of halogens is 2. The van der Waals surface area contributed by atoms with Gasteiger partial charge in [-0.05, 0) is 19.3 Å². The second-order valence-corrected chi connectivity index (χ2v) is 3.38. The summed E-state index contributed by atoms with van der Waals surface area (Å²) in [7, 11) is 0. The average molecular weight is 180 g/mol. The molecule has 1 saturated carbocycles. The fourth-order valence-electron chi connectivity index (χ4n) is 1.29. The third-order valence-electron chi connectivity index (χ3n) is 2.01. The van der Waals surface area contributed by atoms with Crippen molar-refractivity contribution in [2.75, 3.05) is 25.6 Å². The van der Waals surface area contributed by atoms with Gasteiger partial charge < -0.3 is 0 Å². The van der Waals surface area contributed by atoms with Gasteiger partial charge in [0.05, 0.1) is 6.67 Å². The number of nitrogens with zero attached hydrogens (tertiary/aromatic N) is 1. The lowest BCUT2D eigenvalue weighted by Gasteiger charge is -2.19. The van der Waals surface area contributed by atoms with Gasteiger partial charge in [-0.15, -0.1) is 11.6 Å². The van der Waals surface area contributed by atoms with Crippen LogP contribution in [0.2, 0.25) is 0 Å². The second-order valence-electron chi connectivity index (χ2n) is 3.00. The third kappa shape index (κ3) is 3.39. The Bertz CT molecular complexity index is 106. The van der Waals surface area contributed by atoms with E-state index in [1.54, 1.807) is 0 Å². The van der Waals surface area contributed by atoms with Crippen LogP contribution in [0.4, 0.5) is 4.39 Å². The molecule has 1 rings (SSSR count). The summed E-state index contributed by atoms with van der Waals surface area (Å²) in [5.74, 6) is 0.669. The third-order valence-corrected chi connectivity index (χ3v) is 2.18. The van der Waals surface area contributed by atoms with Crippen LogP contribution in [0, 0.1) is 0 Å². The van der Waals surface area contributed by atoms with Gasteiger partial charge in [0.15, 0.2) is 0 Å². The number of alkyl halides is 2. The van der Waals surface area contributed by atoms with Crippen LogP contribution in [0.1, 0.15) is 19.3 Å². The number of hydrogen-bond acceptors (Lipinski definition) is 1. The smallest absolute Gasteiger partial charge is 0.0906 e. The molecular formula is C8H15ClFN. The van der Waals surface area contributed by atoms with Crippen molar-refractivity contribution in [2.45, 2.75) is 25.3 Å². The molecule has 0 aromatic carbocycles. The molecule has 0 heterocycles. The van der Waals surface area contributed by atoms with Crippen LogP contribution in [0.25, 0.3) is 0 Å². The van der Waals surface area contributed by atoms with Gasteiger partial charge >= 0.3 is 0 Å². The van der Waals surface area contributed by atoms with Crippen LogP contribution in [-0.2, 0) is 0 Å². The van der Waals surface area contributed by atoms with E-state index in [0.29, 0.717) is 12.3 Å². The Balaban J connectivity index is 2.10. The molecule has 0 atom stereocenters. The van der Waals surface area contributed by atoms with Crippen molar-refractivity contribution < 1.29 is 4.39 Å². The molecule has 0 saturated heterocycles. The Morgan fingerprint density at radius 2 is 2.09 bits per heavy atom. The largest absolute Gasteiger partial charge is 0.299 e. The highest BCUT2D eigenvalue weighted by atomic mass is 35.5. The quantitative estimate of drug-likeness (QED) is 0.565. The Morgan fingerprint density at radius 1 is 1.36 bits per heavy atom. The molecule has 0 amide bonds. The zero-order valence-electron chi connectivity index (χ0n) is 6.73. The van der Waals surface area contributed by atoms with Crippen LogP contribution in [0.3, 0.4) is 0 Å². The molecular weight excluding hydrogens is 165 g/mol. The van der Waals surface area contributed by atoms with Crippen molar-refractivity contribution in [3.05, 3.63) is 0 Å². The van der Waals surface area contributed by atoms with E-state index in [1.807, 2.05) is 0 Å². The van der Waals surface area contributed by atoms with Gasteiger partial charge in [-0.3, -0.25) is 9.29 Å². The molecule has 0 radical (unpaired) electrons. The summed E-state index contributed by atoms with van der Waals surface area (Å²) in [5.41, 5.74) is 0. The van der Waals surface area contributed by atoms with Crippen LogP contribution in [0.15, 0.2) is 0 Å². The van der Waals surface area contributed by atoms with Gasteiger partial charge in [-0.2, -0.15) is 0 Å². The van der Waals surface area contributed by atoms with Crippen molar-refractivity contribution in [2.24, 2.45) is 0 Å². The lowest BCUT2D eigenvalue weighted by atomic mass is 10.4. The Morgan fingerprint density at radius 3 is 2.55 bits per heavy atom.